The molecule has 142 valence electrons. The fraction of sp³-hybridized carbons (Fsp3) is 0.263. The number of para-hydroxylation sites is 2. The summed E-state index contributed by atoms with van der Waals surface area (Å²) >= 11 is 0. The summed E-state index contributed by atoms with van der Waals surface area (Å²) < 4.78 is 40.9. The average Bonchev–Trinajstić information content (AvgIpc) is 2.97. The molecule has 3 rings (SSSR count). The van der Waals surface area contributed by atoms with Crippen molar-refractivity contribution in [2.24, 2.45) is 0 Å². The SMILES string of the molecule is Cc1ccc(C)c(NC(=O)NCCn2c(C(F)(F)F)nc3ccccc32)c1. The summed E-state index contributed by atoms with van der Waals surface area (Å²) in [6.07, 6.45) is -4.57. The lowest BCUT2D eigenvalue weighted by molar-refractivity contribution is -0.146. The zero-order chi connectivity index (χ0) is 19.6. The van der Waals surface area contributed by atoms with Gasteiger partial charge in [-0.25, -0.2) is 9.78 Å². The lowest BCUT2D eigenvalue weighted by Gasteiger charge is -2.13. The van der Waals surface area contributed by atoms with E-state index in [9.17, 15) is 18.0 Å². The number of amides is 2. The number of urea groups is 1. The van der Waals surface area contributed by atoms with Crippen LogP contribution in [-0.4, -0.2) is 22.1 Å². The maximum Gasteiger partial charge on any atom is 0.449 e. The lowest BCUT2D eigenvalue weighted by atomic mass is 10.1. The lowest BCUT2D eigenvalue weighted by Crippen LogP contribution is -2.32. The molecule has 5 nitrogen and oxygen atoms in total. The predicted molar refractivity (Wildman–Crippen MR) is 97.7 cm³/mol. The predicted octanol–water partition coefficient (Wildman–Crippen LogP) is 4.49. The molecule has 0 bridgehead atoms. The van der Waals surface area contributed by atoms with E-state index in [2.05, 4.69) is 15.6 Å². The van der Waals surface area contributed by atoms with Crippen molar-refractivity contribution in [3.8, 4) is 0 Å². The van der Waals surface area contributed by atoms with Crippen LogP contribution in [-0.2, 0) is 12.7 Å². The summed E-state index contributed by atoms with van der Waals surface area (Å²) in [7, 11) is 0. The Morgan fingerprint density at radius 1 is 1.15 bits per heavy atom. The summed E-state index contributed by atoms with van der Waals surface area (Å²) in [6.45, 7) is 3.75. The second kappa shape index (κ2) is 7.30. The number of imidazole rings is 1. The number of nitrogens with zero attached hydrogens (tertiary/aromatic N) is 2. The van der Waals surface area contributed by atoms with Crippen molar-refractivity contribution in [1.82, 2.24) is 14.9 Å². The van der Waals surface area contributed by atoms with Gasteiger partial charge in [0.15, 0.2) is 0 Å². The Hall–Kier alpha value is -3.03. The number of rotatable bonds is 4. The molecule has 0 unspecified atom stereocenters. The molecular weight excluding hydrogens is 357 g/mol. The standard InChI is InChI=1S/C19H19F3N4O/c1-12-7-8-13(2)15(11-12)25-18(27)23-9-10-26-16-6-4-3-5-14(16)24-17(26)19(20,21)22/h3-8,11H,9-10H2,1-2H3,(H2,23,25,27). The first-order valence-corrected chi connectivity index (χ1v) is 8.40. The van der Waals surface area contributed by atoms with Crippen molar-refractivity contribution in [3.63, 3.8) is 0 Å². The van der Waals surface area contributed by atoms with Crippen molar-refractivity contribution < 1.29 is 18.0 Å². The number of nitrogens with one attached hydrogen (secondary N) is 2. The van der Waals surface area contributed by atoms with Gasteiger partial charge in [-0.05, 0) is 43.2 Å². The number of hydrogen-bond donors (Lipinski definition) is 2. The van der Waals surface area contributed by atoms with E-state index in [1.807, 2.05) is 32.0 Å². The van der Waals surface area contributed by atoms with Crippen LogP contribution in [0.5, 0.6) is 0 Å². The molecular formula is C19H19F3N4O. The first-order valence-electron chi connectivity index (χ1n) is 8.40. The van der Waals surface area contributed by atoms with Crippen LogP contribution in [0.2, 0.25) is 0 Å². The van der Waals surface area contributed by atoms with Crippen LogP contribution in [0, 0.1) is 13.8 Å². The summed E-state index contributed by atoms with van der Waals surface area (Å²) in [5.41, 5.74) is 3.20. The van der Waals surface area contributed by atoms with Gasteiger partial charge in [0.25, 0.3) is 0 Å². The normalized spacial score (nSPS) is 11.6. The van der Waals surface area contributed by atoms with Gasteiger partial charge >= 0.3 is 12.2 Å². The highest BCUT2D eigenvalue weighted by Crippen LogP contribution is 2.31. The molecule has 27 heavy (non-hydrogen) atoms. The molecule has 0 spiro atoms. The quantitative estimate of drug-likeness (QED) is 0.705. The molecule has 0 atom stereocenters. The molecule has 8 heteroatoms. The molecule has 2 aromatic carbocycles. The second-order valence-electron chi connectivity index (χ2n) is 6.27. The van der Waals surface area contributed by atoms with Crippen LogP contribution >= 0.6 is 0 Å². The van der Waals surface area contributed by atoms with E-state index in [0.717, 1.165) is 15.7 Å². The van der Waals surface area contributed by atoms with Crippen LogP contribution < -0.4 is 10.6 Å². The third-order valence-electron chi connectivity index (χ3n) is 4.17. The number of benzene rings is 2. The van der Waals surface area contributed by atoms with Crippen LogP contribution in [0.15, 0.2) is 42.5 Å². The number of hydrogen-bond acceptors (Lipinski definition) is 2. The number of fused-ring (bicyclic) bond motifs is 1. The van der Waals surface area contributed by atoms with Gasteiger partial charge in [-0.15, -0.1) is 0 Å². The topological polar surface area (TPSA) is 59.0 Å². The maximum atomic E-state index is 13.3. The molecule has 0 radical (unpaired) electrons. The first-order chi connectivity index (χ1) is 12.8. The minimum absolute atomic E-state index is 0.0279. The van der Waals surface area contributed by atoms with Crippen LogP contribution in [0.4, 0.5) is 23.7 Å². The van der Waals surface area contributed by atoms with Gasteiger partial charge in [0.05, 0.1) is 11.0 Å². The fourth-order valence-corrected chi connectivity index (χ4v) is 2.84. The number of alkyl halides is 3. The van der Waals surface area contributed by atoms with Gasteiger partial charge in [-0.3, -0.25) is 0 Å². The molecule has 3 aromatic rings. The summed E-state index contributed by atoms with van der Waals surface area (Å²) in [4.78, 5) is 15.8. The van der Waals surface area contributed by atoms with Crippen molar-refractivity contribution >= 4 is 22.8 Å². The van der Waals surface area contributed by atoms with Crippen LogP contribution in [0.1, 0.15) is 17.0 Å². The Morgan fingerprint density at radius 3 is 2.63 bits per heavy atom. The number of carbonyl (C=O) groups excluding carboxylic acids is 1. The molecule has 0 aliphatic carbocycles. The highest BCUT2D eigenvalue weighted by Gasteiger charge is 2.37. The number of aromatic nitrogens is 2. The van der Waals surface area contributed by atoms with Crippen molar-refractivity contribution in [1.29, 1.82) is 0 Å². The van der Waals surface area contributed by atoms with Gasteiger partial charge in [0, 0.05) is 18.8 Å². The Bertz CT molecular complexity index is 979. The largest absolute Gasteiger partial charge is 0.449 e. The van der Waals surface area contributed by atoms with Crippen molar-refractivity contribution in [2.45, 2.75) is 26.6 Å². The third kappa shape index (κ3) is 4.21. The highest BCUT2D eigenvalue weighted by molar-refractivity contribution is 5.90. The number of anilines is 1. The fourth-order valence-electron chi connectivity index (χ4n) is 2.84. The molecule has 2 amide bonds. The zero-order valence-corrected chi connectivity index (χ0v) is 14.9. The highest BCUT2D eigenvalue weighted by atomic mass is 19.4. The molecule has 0 saturated carbocycles. The number of halogens is 3. The van der Waals surface area contributed by atoms with E-state index in [1.54, 1.807) is 18.2 Å². The van der Waals surface area contributed by atoms with Gasteiger partial charge in [-0.1, -0.05) is 24.3 Å². The molecule has 0 fully saturated rings. The van der Waals surface area contributed by atoms with Crippen LogP contribution in [0.25, 0.3) is 11.0 Å². The maximum absolute atomic E-state index is 13.3. The molecule has 0 saturated heterocycles. The van der Waals surface area contributed by atoms with E-state index >= 15 is 0 Å². The first kappa shape index (κ1) is 18.8. The van der Waals surface area contributed by atoms with Gasteiger partial charge in [0.2, 0.25) is 5.82 Å². The smallest absolute Gasteiger partial charge is 0.336 e. The van der Waals surface area contributed by atoms with E-state index in [1.165, 1.54) is 6.07 Å². The number of aryl methyl sites for hydroxylation is 2. The van der Waals surface area contributed by atoms with E-state index < -0.39 is 18.0 Å². The molecule has 2 N–H and O–H groups in total. The number of carbonyl (C=O) groups is 1. The Labute approximate surface area is 154 Å². The van der Waals surface area contributed by atoms with E-state index in [4.69, 9.17) is 0 Å². The van der Waals surface area contributed by atoms with Gasteiger partial charge < -0.3 is 15.2 Å². The molecule has 1 heterocycles. The minimum Gasteiger partial charge on any atom is -0.336 e. The molecule has 0 aliphatic heterocycles. The monoisotopic (exact) mass is 376 g/mol. The van der Waals surface area contributed by atoms with E-state index in [0.29, 0.717) is 11.2 Å². The summed E-state index contributed by atoms with van der Waals surface area (Å²) in [5, 5.41) is 5.31. The van der Waals surface area contributed by atoms with Gasteiger partial charge in [-0.2, -0.15) is 13.2 Å². The Morgan fingerprint density at radius 2 is 1.89 bits per heavy atom. The third-order valence-corrected chi connectivity index (χ3v) is 4.17. The van der Waals surface area contributed by atoms with Crippen LogP contribution in [0.3, 0.4) is 0 Å². The summed E-state index contributed by atoms with van der Waals surface area (Å²) in [5.74, 6) is -0.972. The van der Waals surface area contributed by atoms with Crippen molar-refractivity contribution in [3.05, 3.63) is 59.4 Å². The van der Waals surface area contributed by atoms with E-state index in [-0.39, 0.29) is 18.6 Å². The van der Waals surface area contributed by atoms with Gasteiger partial charge in [0.1, 0.15) is 0 Å². The second-order valence-corrected chi connectivity index (χ2v) is 6.27. The Kier molecular flexibility index (Phi) is 5.07. The zero-order valence-electron chi connectivity index (χ0n) is 14.9. The average molecular weight is 376 g/mol. The minimum atomic E-state index is -4.57. The molecule has 1 aromatic heterocycles. The van der Waals surface area contributed by atoms with Crippen molar-refractivity contribution in [2.75, 3.05) is 11.9 Å². The molecule has 0 aliphatic rings. The summed E-state index contributed by atoms with van der Waals surface area (Å²) in [6, 6.07) is 11.6. The Balaban J connectivity index is 1.70.